The summed E-state index contributed by atoms with van der Waals surface area (Å²) in [6.07, 6.45) is 0. The number of aromatic nitrogens is 2. The molecule has 0 saturated carbocycles. The van der Waals surface area contributed by atoms with Gasteiger partial charge in [0.25, 0.3) is 0 Å². The van der Waals surface area contributed by atoms with Crippen LogP contribution in [0.25, 0.3) is 11.0 Å². The van der Waals surface area contributed by atoms with E-state index in [2.05, 4.69) is 10.0 Å². The minimum Gasteiger partial charge on any atom is -0.325 e. The van der Waals surface area contributed by atoms with Gasteiger partial charge in [-0.2, -0.15) is 4.72 Å². The fraction of sp³-hybridized carbons (Fsp3) is 0.300. The molecule has 1 aromatic heterocycles. The van der Waals surface area contributed by atoms with Gasteiger partial charge in [-0.1, -0.05) is 26.0 Å². The highest BCUT2D eigenvalue weighted by Gasteiger charge is 2.30. The number of hydrogen-bond donors (Lipinski definition) is 2. The molecule has 2 N–H and O–H groups in total. The Morgan fingerprint density at radius 1 is 1.03 bits per heavy atom. The van der Waals surface area contributed by atoms with Crippen molar-refractivity contribution in [3.05, 3.63) is 58.8 Å². The molecule has 2 aromatic carbocycles. The van der Waals surface area contributed by atoms with E-state index in [1.807, 2.05) is 0 Å². The molecule has 1 heterocycles. The van der Waals surface area contributed by atoms with Crippen LogP contribution in [0.3, 0.4) is 0 Å². The van der Waals surface area contributed by atoms with Crippen LogP contribution in [0.4, 0.5) is 10.1 Å². The van der Waals surface area contributed by atoms with Gasteiger partial charge < -0.3 is 5.32 Å². The lowest BCUT2D eigenvalue weighted by Gasteiger charge is -2.22. The zero-order valence-electron chi connectivity index (χ0n) is 17.0. The van der Waals surface area contributed by atoms with E-state index in [0.717, 1.165) is 12.1 Å². The Morgan fingerprint density at radius 2 is 1.67 bits per heavy atom. The van der Waals surface area contributed by atoms with Crippen molar-refractivity contribution in [3.8, 4) is 0 Å². The number of amides is 1. The van der Waals surface area contributed by atoms with Crippen LogP contribution < -0.4 is 15.7 Å². The quantitative estimate of drug-likeness (QED) is 0.619. The highest BCUT2D eigenvalue weighted by Crippen LogP contribution is 2.20. The number of halogens is 1. The lowest BCUT2D eigenvalue weighted by Crippen LogP contribution is -2.47. The van der Waals surface area contributed by atoms with Gasteiger partial charge in [-0.3, -0.25) is 13.9 Å². The Hall–Kier alpha value is -2.98. The second-order valence-corrected chi connectivity index (χ2v) is 9.05. The average molecular weight is 434 g/mol. The molecule has 0 saturated heterocycles. The maximum atomic E-state index is 14.0. The normalized spacial score (nSPS) is 13.0. The van der Waals surface area contributed by atoms with E-state index in [1.54, 1.807) is 46.1 Å². The standard InChI is InChI=1S/C20H23FN4O4S/c1-12(2)18(23-30(28,29)17-8-6-5-7-14(17)21)19(26)22-13-9-10-15-16(11-13)25(4)20(27)24(15)3/h5-12,18,23H,1-4H3,(H,22,26)/t18-/m0/s1. The molecule has 160 valence electrons. The fourth-order valence-corrected chi connectivity index (χ4v) is 4.61. The maximum absolute atomic E-state index is 14.0. The molecule has 0 spiro atoms. The second kappa shape index (κ2) is 8.04. The topological polar surface area (TPSA) is 102 Å². The Balaban J connectivity index is 1.88. The molecular weight excluding hydrogens is 411 g/mol. The first-order valence-electron chi connectivity index (χ1n) is 9.26. The molecule has 0 aliphatic carbocycles. The molecule has 0 aliphatic rings. The lowest BCUT2D eigenvalue weighted by molar-refractivity contribution is -0.118. The van der Waals surface area contributed by atoms with Crippen LogP contribution in [-0.4, -0.2) is 29.5 Å². The molecule has 0 aliphatic heterocycles. The van der Waals surface area contributed by atoms with Gasteiger partial charge in [-0.05, 0) is 36.2 Å². The largest absolute Gasteiger partial charge is 0.328 e. The van der Waals surface area contributed by atoms with Crippen molar-refractivity contribution in [2.24, 2.45) is 20.0 Å². The summed E-state index contributed by atoms with van der Waals surface area (Å²) in [7, 11) is -0.982. The van der Waals surface area contributed by atoms with Gasteiger partial charge in [0, 0.05) is 19.8 Å². The number of aryl methyl sites for hydroxylation is 2. The second-order valence-electron chi connectivity index (χ2n) is 7.37. The van der Waals surface area contributed by atoms with Crippen molar-refractivity contribution < 1.29 is 17.6 Å². The van der Waals surface area contributed by atoms with Gasteiger partial charge in [0.1, 0.15) is 16.8 Å². The van der Waals surface area contributed by atoms with Gasteiger partial charge in [0.2, 0.25) is 15.9 Å². The smallest absolute Gasteiger partial charge is 0.325 e. The van der Waals surface area contributed by atoms with E-state index >= 15 is 0 Å². The molecule has 0 radical (unpaired) electrons. The minimum atomic E-state index is -4.25. The highest BCUT2D eigenvalue weighted by atomic mass is 32.2. The van der Waals surface area contributed by atoms with Gasteiger partial charge in [0.05, 0.1) is 11.0 Å². The van der Waals surface area contributed by atoms with Crippen LogP contribution in [0.2, 0.25) is 0 Å². The third-order valence-corrected chi connectivity index (χ3v) is 6.37. The number of nitrogens with one attached hydrogen (secondary N) is 2. The van der Waals surface area contributed by atoms with Crippen molar-refractivity contribution in [2.45, 2.75) is 24.8 Å². The molecule has 1 amide bonds. The van der Waals surface area contributed by atoms with Gasteiger partial charge in [0.15, 0.2) is 0 Å². The summed E-state index contributed by atoms with van der Waals surface area (Å²) in [6, 6.07) is 8.79. The number of hydrogen-bond acceptors (Lipinski definition) is 4. The number of carbonyl (C=O) groups excluding carboxylic acids is 1. The van der Waals surface area contributed by atoms with Crippen molar-refractivity contribution >= 4 is 32.7 Å². The molecule has 1 atom stereocenters. The Labute approximate surface area is 173 Å². The van der Waals surface area contributed by atoms with Crippen LogP contribution >= 0.6 is 0 Å². The Bertz CT molecular complexity index is 1280. The first-order chi connectivity index (χ1) is 14.0. The summed E-state index contributed by atoms with van der Waals surface area (Å²) in [5.74, 6) is -1.90. The predicted octanol–water partition coefficient (Wildman–Crippen LogP) is 1.96. The van der Waals surface area contributed by atoms with Crippen LogP contribution in [0.5, 0.6) is 0 Å². The van der Waals surface area contributed by atoms with Crippen molar-refractivity contribution in [3.63, 3.8) is 0 Å². The number of rotatable bonds is 6. The predicted molar refractivity (Wildman–Crippen MR) is 112 cm³/mol. The molecule has 8 nitrogen and oxygen atoms in total. The first-order valence-corrected chi connectivity index (χ1v) is 10.7. The maximum Gasteiger partial charge on any atom is 0.328 e. The zero-order valence-corrected chi connectivity index (χ0v) is 17.8. The summed E-state index contributed by atoms with van der Waals surface area (Å²) in [5.41, 5.74) is 1.52. The number of fused-ring (bicyclic) bond motifs is 1. The number of anilines is 1. The van der Waals surface area contributed by atoms with Crippen molar-refractivity contribution in [1.29, 1.82) is 0 Å². The first kappa shape index (κ1) is 21.7. The van der Waals surface area contributed by atoms with E-state index in [-0.39, 0.29) is 5.69 Å². The van der Waals surface area contributed by atoms with Crippen molar-refractivity contribution in [2.75, 3.05) is 5.32 Å². The Morgan fingerprint density at radius 3 is 2.30 bits per heavy atom. The van der Waals surface area contributed by atoms with Crippen molar-refractivity contribution in [1.82, 2.24) is 13.9 Å². The summed E-state index contributed by atoms with van der Waals surface area (Å²) >= 11 is 0. The third-order valence-electron chi connectivity index (χ3n) is 4.90. The van der Waals surface area contributed by atoms with E-state index in [9.17, 15) is 22.4 Å². The van der Waals surface area contributed by atoms with Crippen LogP contribution in [-0.2, 0) is 28.9 Å². The van der Waals surface area contributed by atoms with E-state index in [1.165, 1.54) is 21.3 Å². The summed E-state index contributed by atoms with van der Waals surface area (Å²) in [5, 5.41) is 2.68. The van der Waals surface area contributed by atoms with E-state index in [4.69, 9.17) is 0 Å². The molecule has 3 rings (SSSR count). The molecule has 3 aromatic rings. The van der Waals surface area contributed by atoms with Crippen LogP contribution in [0, 0.1) is 11.7 Å². The van der Waals surface area contributed by atoms with E-state index < -0.39 is 38.6 Å². The van der Waals surface area contributed by atoms with E-state index in [0.29, 0.717) is 16.7 Å². The molecule has 0 bridgehead atoms. The fourth-order valence-electron chi connectivity index (χ4n) is 3.19. The molecule has 10 heteroatoms. The summed E-state index contributed by atoms with van der Waals surface area (Å²) in [6.45, 7) is 3.36. The lowest BCUT2D eigenvalue weighted by atomic mass is 10.0. The SMILES string of the molecule is CC(C)[C@H](NS(=O)(=O)c1ccccc1F)C(=O)Nc1ccc2c(c1)n(C)c(=O)n2C. The number of benzene rings is 2. The number of carbonyl (C=O) groups is 1. The minimum absolute atomic E-state index is 0.203. The highest BCUT2D eigenvalue weighted by molar-refractivity contribution is 7.89. The van der Waals surface area contributed by atoms with Gasteiger partial charge in [-0.25, -0.2) is 17.6 Å². The molecular formula is C20H23FN4O4S. The van der Waals surface area contributed by atoms with Gasteiger partial charge in [-0.15, -0.1) is 0 Å². The van der Waals surface area contributed by atoms with Crippen LogP contribution in [0.1, 0.15) is 13.8 Å². The third kappa shape index (κ3) is 4.01. The number of imidazole rings is 1. The summed E-state index contributed by atoms with van der Waals surface area (Å²) < 4.78 is 44.4. The average Bonchev–Trinajstić information content (AvgIpc) is 2.90. The molecule has 30 heavy (non-hydrogen) atoms. The summed E-state index contributed by atoms with van der Waals surface area (Å²) in [4.78, 5) is 24.4. The number of nitrogens with zero attached hydrogens (tertiary/aromatic N) is 2. The molecule has 0 fully saturated rings. The number of sulfonamides is 1. The zero-order chi connectivity index (χ0) is 22.2. The molecule has 0 unspecified atom stereocenters. The van der Waals surface area contributed by atoms with Gasteiger partial charge >= 0.3 is 5.69 Å². The monoisotopic (exact) mass is 434 g/mol. The Kier molecular flexibility index (Phi) is 5.82. The van der Waals surface area contributed by atoms with Crippen LogP contribution in [0.15, 0.2) is 52.2 Å².